The number of aliphatic hydroxyl groups is 1. The summed E-state index contributed by atoms with van der Waals surface area (Å²) < 4.78 is 38.0. The number of hydrogen-bond donors (Lipinski definition) is 1. The number of methoxy groups -OCH3 is 1. The molecule has 2 atom stereocenters. The van der Waals surface area contributed by atoms with Gasteiger partial charge in [0, 0.05) is 23.6 Å². The van der Waals surface area contributed by atoms with Gasteiger partial charge in [-0.1, -0.05) is 12.1 Å². The van der Waals surface area contributed by atoms with Gasteiger partial charge in [0.15, 0.2) is 11.6 Å². The Balaban J connectivity index is 1.99. The predicted molar refractivity (Wildman–Crippen MR) is 72.3 cm³/mol. The van der Waals surface area contributed by atoms with Crippen LogP contribution in [0.4, 0.5) is 8.78 Å². The van der Waals surface area contributed by atoms with Crippen LogP contribution >= 0.6 is 0 Å². The molecule has 2 aromatic carbocycles. The molecule has 0 fully saturated rings. The maximum Gasteiger partial charge on any atom is 0.165 e. The van der Waals surface area contributed by atoms with E-state index in [9.17, 15) is 13.9 Å². The van der Waals surface area contributed by atoms with Crippen molar-refractivity contribution in [2.75, 3.05) is 7.11 Å². The molecule has 0 radical (unpaired) electrons. The molecule has 0 spiro atoms. The molecule has 1 heterocycles. The first kappa shape index (κ1) is 13.8. The van der Waals surface area contributed by atoms with Gasteiger partial charge in [-0.3, -0.25) is 0 Å². The Morgan fingerprint density at radius 1 is 1.19 bits per heavy atom. The second-order valence-corrected chi connectivity index (χ2v) is 4.90. The molecule has 3 rings (SSSR count). The van der Waals surface area contributed by atoms with E-state index in [1.54, 1.807) is 18.2 Å². The SMILES string of the molecule is COc1ccc2c(c1)OC(c1cccc(F)c1F)CC2O. The molecule has 0 saturated carbocycles. The molecule has 0 aromatic heterocycles. The average molecular weight is 292 g/mol. The average Bonchev–Trinajstić information content (AvgIpc) is 2.49. The fourth-order valence-electron chi connectivity index (χ4n) is 2.51. The van der Waals surface area contributed by atoms with Gasteiger partial charge in [0.25, 0.3) is 0 Å². The maximum atomic E-state index is 13.9. The van der Waals surface area contributed by atoms with E-state index in [-0.39, 0.29) is 12.0 Å². The van der Waals surface area contributed by atoms with Crippen LogP contribution in [0.2, 0.25) is 0 Å². The molecule has 1 aliphatic heterocycles. The number of halogens is 2. The fraction of sp³-hybridized carbons (Fsp3) is 0.250. The summed E-state index contributed by atoms with van der Waals surface area (Å²) in [6, 6.07) is 8.98. The normalized spacial score (nSPS) is 20.6. The Hall–Kier alpha value is -2.14. The van der Waals surface area contributed by atoms with E-state index < -0.39 is 23.8 Å². The van der Waals surface area contributed by atoms with Crippen molar-refractivity contribution in [1.82, 2.24) is 0 Å². The largest absolute Gasteiger partial charge is 0.497 e. The highest BCUT2D eigenvalue weighted by molar-refractivity contribution is 5.44. The zero-order valence-electron chi connectivity index (χ0n) is 11.3. The topological polar surface area (TPSA) is 38.7 Å². The van der Waals surface area contributed by atoms with Gasteiger partial charge in [0.1, 0.15) is 17.6 Å². The zero-order valence-corrected chi connectivity index (χ0v) is 11.3. The minimum Gasteiger partial charge on any atom is -0.497 e. The van der Waals surface area contributed by atoms with Crippen LogP contribution in [0.3, 0.4) is 0 Å². The van der Waals surface area contributed by atoms with Crippen LogP contribution in [-0.4, -0.2) is 12.2 Å². The Morgan fingerprint density at radius 3 is 2.76 bits per heavy atom. The predicted octanol–water partition coefficient (Wildman–Crippen LogP) is 3.53. The van der Waals surface area contributed by atoms with Crippen molar-refractivity contribution in [2.24, 2.45) is 0 Å². The van der Waals surface area contributed by atoms with Gasteiger partial charge < -0.3 is 14.6 Å². The molecular weight excluding hydrogens is 278 g/mol. The van der Waals surface area contributed by atoms with Crippen LogP contribution < -0.4 is 9.47 Å². The third-order valence-electron chi connectivity index (χ3n) is 3.61. The highest BCUT2D eigenvalue weighted by Crippen LogP contribution is 2.42. The maximum absolute atomic E-state index is 13.9. The fourth-order valence-corrected chi connectivity index (χ4v) is 2.51. The van der Waals surface area contributed by atoms with Gasteiger partial charge >= 0.3 is 0 Å². The molecule has 0 saturated heterocycles. The van der Waals surface area contributed by atoms with Crippen LogP contribution in [0.25, 0.3) is 0 Å². The lowest BCUT2D eigenvalue weighted by Gasteiger charge is -2.30. The van der Waals surface area contributed by atoms with Crippen LogP contribution in [0.15, 0.2) is 36.4 Å². The van der Waals surface area contributed by atoms with E-state index in [1.165, 1.54) is 19.2 Å². The first-order valence-electron chi connectivity index (χ1n) is 6.56. The monoisotopic (exact) mass is 292 g/mol. The second-order valence-electron chi connectivity index (χ2n) is 4.90. The summed E-state index contributed by atoms with van der Waals surface area (Å²) in [5, 5.41) is 10.2. The summed E-state index contributed by atoms with van der Waals surface area (Å²) in [5.41, 5.74) is 0.714. The van der Waals surface area contributed by atoms with E-state index in [0.717, 1.165) is 6.07 Å². The molecule has 0 aliphatic carbocycles. The summed E-state index contributed by atoms with van der Waals surface area (Å²) in [5.74, 6) is -0.883. The van der Waals surface area contributed by atoms with Gasteiger partial charge in [-0.25, -0.2) is 8.78 Å². The molecule has 110 valence electrons. The molecular formula is C16H14F2O3. The van der Waals surface area contributed by atoms with E-state index in [2.05, 4.69) is 0 Å². The minimum absolute atomic E-state index is 0.0996. The summed E-state index contributed by atoms with van der Waals surface area (Å²) in [6.45, 7) is 0. The lowest BCUT2D eigenvalue weighted by molar-refractivity contribution is 0.0634. The van der Waals surface area contributed by atoms with Crippen LogP contribution in [0.5, 0.6) is 11.5 Å². The van der Waals surface area contributed by atoms with Gasteiger partial charge in [-0.2, -0.15) is 0 Å². The number of benzene rings is 2. The zero-order chi connectivity index (χ0) is 15.0. The van der Waals surface area contributed by atoms with E-state index in [1.807, 2.05) is 0 Å². The molecule has 21 heavy (non-hydrogen) atoms. The van der Waals surface area contributed by atoms with Crippen molar-refractivity contribution in [1.29, 1.82) is 0 Å². The van der Waals surface area contributed by atoms with E-state index >= 15 is 0 Å². The molecule has 0 bridgehead atoms. The van der Waals surface area contributed by atoms with Crippen LogP contribution in [-0.2, 0) is 0 Å². The first-order chi connectivity index (χ1) is 10.1. The molecule has 5 heteroatoms. The Morgan fingerprint density at radius 2 is 2.00 bits per heavy atom. The minimum atomic E-state index is -0.943. The van der Waals surface area contributed by atoms with Crippen molar-refractivity contribution >= 4 is 0 Å². The summed E-state index contributed by atoms with van der Waals surface area (Å²) in [6.07, 6.45) is -1.37. The molecule has 1 N–H and O–H groups in total. The van der Waals surface area contributed by atoms with Crippen molar-refractivity contribution in [3.8, 4) is 11.5 Å². The van der Waals surface area contributed by atoms with Crippen LogP contribution in [0, 0.1) is 11.6 Å². The number of rotatable bonds is 2. The summed E-state index contributed by atoms with van der Waals surface area (Å²) in [4.78, 5) is 0. The smallest absolute Gasteiger partial charge is 0.165 e. The lowest BCUT2D eigenvalue weighted by atomic mass is 9.94. The van der Waals surface area contributed by atoms with Crippen molar-refractivity contribution in [2.45, 2.75) is 18.6 Å². The molecule has 3 nitrogen and oxygen atoms in total. The van der Waals surface area contributed by atoms with E-state index in [4.69, 9.17) is 9.47 Å². The van der Waals surface area contributed by atoms with Gasteiger partial charge in [-0.15, -0.1) is 0 Å². The summed E-state index contributed by atoms with van der Waals surface area (Å²) in [7, 11) is 1.52. The molecule has 2 aromatic rings. The Bertz CT molecular complexity index is 673. The van der Waals surface area contributed by atoms with Crippen molar-refractivity contribution in [3.05, 3.63) is 59.2 Å². The lowest BCUT2D eigenvalue weighted by Crippen LogP contribution is -2.20. The van der Waals surface area contributed by atoms with Gasteiger partial charge in [0.05, 0.1) is 13.2 Å². The van der Waals surface area contributed by atoms with E-state index in [0.29, 0.717) is 17.1 Å². The third-order valence-corrected chi connectivity index (χ3v) is 3.61. The molecule has 1 aliphatic rings. The second kappa shape index (κ2) is 5.33. The Kier molecular flexibility index (Phi) is 3.51. The third kappa shape index (κ3) is 2.45. The number of fused-ring (bicyclic) bond motifs is 1. The standard InChI is InChI=1S/C16H14F2O3/c1-20-9-5-6-10-13(19)8-15(21-14(10)7-9)11-3-2-4-12(17)16(11)18/h2-7,13,15,19H,8H2,1H3. The highest BCUT2D eigenvalue weighted by Gasteiger charge is 2.30. The number of ether oxygens (including phenoxy) is 2. The first-order valence-corrected chi connectivity index (χ1v) is 6.56. The van der Waals surface area contributed by atoms with Crippen molar-refractivity contribution < 1.29 is 23.4 Å². The van der Waals surface area contributed by atoms with Gasteiger partial charge in [0.2, 0.25) is 0 Å². The highest BCUT2D eigenvalue weighted by atomic mass is 19.2. The molecule has 2 unspecified atom stereocenters. The van der Waals surface area contributed by atoms with Gasteiger partial charge in [-0.05, 0) is 18.2 Å². The molecule has 0 amide bonds. The summed E-state index contributed by atoms with van der Waals surface area (Å²) >= 11 is 0. The van der Waals surface area contributed by atoms with Crippen LogP contribution in [0.1, 0.15) is 29.8 Å². The quantitative estimate of drug-likeness (QED) is 0.920. The number of aliphatic hydroxyl groups excluding tert-OH is 1. The number of hydrogen-bond acceptors (Lipinski definition) is 3. The van der Waals surface area contributed by atoms with Crippen molar-refractivity contribution in [3.63, 3.8) is 0 Å². The Labute approximate surface area is 120 Å².